The molecule has 2 aliphatic rings. The molecule has 1 aromatic carbocycles. The highest BCUT2D eigenvalue weighted by molar-refractivity contribution is 7.89. The van der Waals surface area contributed by atoms with Gasteiger partial charge in [0.1, 0.15) is 6.04 Å². The van der Waals surface area contributed by atoms with Crippen molar-refractivity contribution in [1.82, 2.24) is 14.5 Å². The summed E-state index contributed by atoms with van der Waals surface area (Å²) in [6.07, 6.45) is 0.963. The van der Waals surface area contributed by atoms with Crippen LogP contribution in [0.15, 0.2) is 35.2 Å². The predicted octanol–water partition coefficient (Wildman–Crippen LogP) is -0.105. The van der Waals surface area contributed by atoms with Crippen LogP contribution in [0.3, 0.4) is 0 Å². The third-order valence-electron chi connectivity index (χ3n) is 4.27. The molecule has 1 atom stereocenters. The molecule has 0 saturated carbocycles. The number of rotatable bonds is 3. The van der Waals surface area contributed by atoms with Crippen molar-refractivity contribution in [2.45, 2.75) is 23.8 Å². The number of hydrogen-bond acceptors (Lipinski definition) is 5. The monoisotopic (exact) mass is 384 g/mol. The third-order valence-corrected chi connectivity index (χ3v) is 6.19. The molecule has 2 aliphatic heterocycles. The van der Waals surface area contributed by atoms with Crippen molar-refractivity contribution in [2.75, 3.05) is 32.7 Å². The zero-order valence-electron chi connectivity index (χ0n) is 14.4. The van der Waals surface area contributed by atoms with Gasteiger partial charge in [-0.05, 0) is 25.0 Å². The number of nitrogens with one attached hydrogen (secondary N) is 1. The van der Waals surface area contributed by atoms with E-state index in [-0.39, 0.29) is 17.5 Å². The molecule has 26 heavy (non-hydrogen) atoms. The maximum absolute atomic E-state index is 12.2. The molecule has 0 spiro atoms. The van der Waals surface area contributed by atoms with Crippen molar-refractivity contribution in [3.8, 4) is 0 Å². The van der Waals surface area contributed by atoms with E-state index >= 15 is 0 Å². The molecule has 0 radical (unpaired) electrons. The molecule has 4 N–H and O–H groups in total. The van der Waals surface area contributed by atoms with E-state index in [2.05, 4.69) is 5.32 Å². The summed E-state index contributed by atoms with van der Waals surface area (Å²) in [5, 5.41) is 12.1. The summed E-state index contributed by atoms with van der Waals surface area (Å²) >= 11 is 0. The number of sulfonamides is 1. The number of carbonyl (C=O) groups excluding carboxylic acids is 1. The first-order valence-electron chi connectivity index (χ1n) is 8.39. The Morgan fingerprint density at radius 1 is 1.12 bits per heavy atom. The number of nitrogens with zero attached hydrogens (tertiary/aromatic N) is 2. The predicted molar refractivity (Wildman–Crippen MR) is 95.0 cm³/mol. The van der Waals surface area contributed by atoms with Crippen LogP contribution in [-0.4, -0.2) is 73.5 Å². The summed E-state index contributed by atoms with van der Waals surface area (Å²) in [6, 6.07) is 6.69. The van der Waals surface area contributed by atoms with Gasteiger partial charge in [0, 0.05) is 32.7 Å². The molecule has 9 nitrogen and oxygen atoms in total. The second-order valence-electron chi connectivity index (χ2n) is 6.00. The van der Waals surface area contributed by atoms with Crippen LogP contribution in [0.1, 0.15) is 12.8 Å². The lowest BCUT2D eigenvalue weighted by Crippen LogP contribution is -2.48. The smallest absolute Gasteiger partial charge is 0.322 e. The maximum Gasteiger partial charge on any atom is 0.322 e. The molecular formula is C16H24N4O5S. The summed E-state index contributed by atoms with van der Waals surface area (Å²) < 4.78 is 25.5. The Balaban J connectivity index is 0.000000228. The Labute approximate surface area is 152 Å². The van der Waals surface area contributed by atoms with Crippen LogP contribution in [0.25, 0.3) is 0 Å². The molecule has 1 aromatic rings. The fraction of sp³-hybridized carbons (Fsp3) is 0.500. The van der Waals surface area contributed by atoms with Gasteiger partial charge in [0.05, 0.1) is 4.90 Å². The Morgan fingerprint density at radius 3 is 2.23 bits per heavy atom. The fourth-order valence-corrected chi connectivity index (χ4v) is 4.56. The van der Waals surface area contributed by atoms with Crippen molar-refractivity contribution in [3.63, 3.8) is 0 Å². The molecular weight excluding hydrogens is 360 g/mol. The van der Waals surface area contributed by atoms with E-state index in [1.165, 1.54) is 12.1 Å². The number of carboxylic acid groups (broad SMARTS) is 1. The van der Waals surface area contributed by atoms with Crippen LogP contribution in [0.5, 0.6) is 0 Å². The van der Waals surface area contributed by atoms with Gasteiger partial charge >= 0.3 is 12.0 Å². The summed E-state index contributed by atoms with van der Waals surface area (Å²) in [5.41, 5.74) is 5.03. The van der Waals surface area contributed by atoms with E-state index in [1.54, 1.807) is 23.1 Å². The second kappa shape index (κ2) is 8.97. The Kier molecular flexibility index (Phi) is 6.95. The molecule has 2 fully saturated rings. The van der Waals surface area contributed by atoms with Crippen molar-refractivity contribution in [1.29, 1.82) is 0 Å². The minimum Gasteiger partial charge on any atom is -0.480 e. The first-order chi connectivity index (χ1) is 12.3. The number of urea groups is 1. The van der Waals surface area contributed by atoms with Gasteiger partial charge in [-0.1, -0.05) is 18.2 Å². The van der Waals surface area contributed by atoms with E-state index < -0.39 is 22.0 Å². The Hall–Kier alpha value is -2.17. The number of carbonyl (C=O) groups is 2. The normalized spacial score (nSPS) is 20.9. The fourth-order valence-electron chi connectivity index (χ4n) is 2.89. The average molecular weight is 384 g/mol. The molecule has 2 heterocycles. The van der Waals surface area contributed by atoms with Gasteiger partial charge in [0.15, 0.2) is 0 Å². The van der Waals surface area contributed by atoms with Crippen LogP contribution < -0.4 is 11.1 Å². The molecule has 10 heteroatoms. The lowest BCUT2D eigenvalue weighted by Gasteiger charge is -2.25. The number of aliphatic carboxylic acids is 1. The molecule has 144 valence electrons. The Morgan fingerprint density at radius 2 is 1.73 bits per heavy atom. The third kappa shape index (κ3) is 4.93. The lowest BCUT2D eigenvalue weighted by atomic mass is 10.2. The van der Waals surface area contributed by atoms with Gasteiger partial charge in [0.2, 0.25) is 10.0 Å². The topological polar surface area (TPSA) is 133 Å². The van der Waals surface area contributed by atoms with Crippen LogP contribution in [-0.2, 0) is 14.8 Å². The van der Waals surface area contributed by atoms with Crippen LogP contribution in [0, 0.1) is 0 Å². The molecule has 2 amide bonds. The minimum absolute atomic E-state index is 0.146. The van der Waals surface area contributed by atoms with E-state index in [9.17, 15) is 18.0 Å². The highest BCUT2D eigenvalue weighted by atomic mass is 32.2. The number of primary amides is 1. The van der Waals surface area contributed by atoms with E-state index in [4.69, 9.17) is 10.8 Å². The van der Waals surface area contributed by atoms with Crippen molar-refractivity contribution < 1.29 is 23.1 Å². The zero-order chi connectivity index (χ0) is 19.2. The average Bonchev–Trinajstić information content (AvgIpc) is 3.15. The van der Waals surface area contributed by atoms with E-state index in [1.807, 2.05) is 0 Å². The number of piperazine rings is 1. The molecule has 3 rings (SSSR count). The number of carboxylic acids is 1. The van der Waals surface area contributed by atoms with Crippen LogP contribution >= 0.6 is 0 Å². The molecule has 2 saturated heterocycles. The first-order valence-corrected chi connectivity index (χ1v) is 9.83. The largest absolute Gasteiger partial charge is 0.480 e. The summed E-state index contributed by atoms with van der Waals surface area (Å²) in [7, 11) is -3.68. The summed E-state index contributed by atoms with van der Waals surface area (Å²) in [6.45, 7) is 3.49. The highest BCUT2D eigenvalue weighted by Gasteiger charge is 2.39. The van der Waals surface area contributed by atoms with Crippen molar-refractivity contribution in [2.24, 2.45) is 5.73 Å². The van der Waals surface area contributed by atoms with Crippen molar-refractivity contribution >= 4 is 22.0 Å². The summed E-state index contributed by atoms with van der Waals surface area (Å²) in [5.74, 6) is -1.08. The Bertz CT molecular complexity index is 719. The minimum atomic E-state index is -3.68. The molecule has 0 bridgehead atoms. The lowest BCUT2D eigenvalue weighted by molar-refractivity contribution is -0.140. The van der Waals surface area contributed by atoms with Gasteiger partial charge in [-0.3, -0.25) is 4.79 Å². The number of nitrogens with two attached hydrogens (primary N) is 1. The highest BCUT2D eigenvalue weighted by Crippen LogP contribution is 2.25. The van der Waals surface area contributed by atoms with Gasteiger partial charge in [-0.25, -0.2) is 13.2 Å². The van der Waals surface area contributed by atoms with E-state index in [0.717, 1.165) is 30.5 Å². The molecule has 0 aliphatic carbocycles. The van der Waals surface area contributed by atoms with Crippen LogP contribution in [0.4, 0.5) is 4.79 Å². The first kappa shape index (κ1) is 20.1. The zero-order valence-corrected chi connectivity index (χ0v) is 15.2. The maximum atomic E-state index is 12.2. The number of benzene rings is 1. The quantitative estimate of drug-likeness (QED) is 0.666. The molecule has 0 aromatic heterocycles. The van der Waals surface area contributed by atoms with Gasteiger partial charge in [0.25, 0.3) is 0 Å². The number of amides is 2. The van der Waals surface area contributed by atoms with Crippen LogP contribution in [0.2, 0.25) is 0 Å². The second-order valence-corrected chi connectivity index (χ2v) is 7.89. The van der Waals surface area contributed by atoms with Gasteiger partial charge < -0.3 is 21.1 Å². The summed E-state index contributed by atoms with van der Waals surface area (Å²) in [4.78, 5) is 23.2. The van der Waals surface area contributed by atoms with E-state index in [0.29, 0.717) is 12.8 Å². The van der Waals surface area contributed by atoms with Crippen molar-refractivity contribution in [3.05, 3.63) is 30.3 Å². The van der Waals surface area contributed by atoms with Gasteiger partial charge in [-0.15, -0.1) is 0 Å². The molecule has 0 unspecified atom stereocenters. The van der Waals surface area contributed by atoms with Gasteiger partial charge in [-0.2, -0.15) is 4.31 Å². The number of hydrogen-bond donors (Lipinski definition) is 3. The SMILES string of the molecule is NC(=O)N1CCNCC1.O=C(O)[C@@H]1CCCN1S(=O)(=O)c1ccccc1. The standard InChI is InChI=1S/C11H13NO4S.C5H11N3O/c13-11(14)10-7-4-8-12(10)17(15,16)9-5-2-1-3-6-9;6-5(9)8-3-1-7-2-4-8/h1-3,5-6,10H,4,7-8H2,(H,13,14);7H,1-4H2,(H2,6,9)/t10-;/m0./s1.